The van der Waals surface area contributed by atoms with Crippen LogP contribution in [0.5, 0.6) is 0 Å². The molecule has 0 saturated carbocycles. The van der Waals surface area contributed by atoms with Crippen LogP contribution in [-0.4, -0.2) is 19.5 Å². The fourth-order valence-corrected chi connectivity index (χ4v) is 1.45. The molecule has 0 atom stereocenters. The summed E-state index contributed by atoms with van der Waals surface area (Å²) in [7, 11) is 0. The van der Waals surface area contributed by atoms with Gasteiger partial charge in [-0.1, -0.05) is 0 Å². The second-order valence-electron chi connectivity index (χ2n) is 2.34. The van der Waals surface area contributed by atoms with Gasteiger partial charge in [0.15, 0.2) is 5.65 Å². The molecule has 0 fully saturated rings. The summed E-state index contributed by atoms with van der Waals surface area (Å²) >= 11 is 3.31. The molecule has 0 bridgehead atoms. The van der Waals surface area contributed by atoms with Gasteiger partial charge in [0, 0.05) is 6.20 Å². The third-order valence-electron chi connectivity index (χ3n) is 1.62. The molecule has 2 aromatic heterocycles. The van der Waals surface area contributed by atoms with Crippen molar-refractivity contribution in [3.05, 3.63) is 28.9 Å². The van der Waals surface area contributed by atoms with Crippen LogP contribution in [-0.2, 0) is 6.61 Å². The van der Waals surface area contributed by atoms with Crippen LogP contribution >= 0.6 is 15.9 Å². The molecule has 2 heterocycles. The second kappa shape index (κ2) is 2.84. The quantitative estimate of drug-likeness (QED) is 0.791. The topological polar surface area (TPSA) is 50.4 Å². The summed E-state index contributed by atoms with van der Waals surface area (Å²) in [5, 5.41) is 8.91. The number of fused-ring (bicyclic) bond motifs is 1. The van der Waals surface area contributed by atoms with Crippen molar-refractivity contribution in [1.82, 2.24) is 14.4 Å². The van der Waals surface area contributed by atoms with Gasteiger partial charge in [-0.3, -0.25) is 4.40 Å². The summed E-state index contributed by atoms with van der Waals surface area (Å²) in [5.41, 5.74) is 1.51. The van der Waals surface area contributed by atoms with Gasteiger partial charge in [-0.25, -0.2) is 9.97 Å². The van der Waals surface area contributed by atoms with Crippen LogP contribution in [0.25, 0.3) is 5.65 Å². The average Bonchev–Trinajstić information content (AvgIpc) is 2.49. The van der Waals surface area contributed by atoms with Gasteiger partial charge in [-0.2, -0.15) is 0 Å². The molecule has 0 amide bonds. The van der Waals surface area contributed by atoms with Gasteiger partial charge in [0.1, 0.15) is 6.33 Å². The molecule has 5 heteroatoms. The Morgan fingerprint density at radius 2 is 2.33 bits per heavy atom. The third-order valence-corrected chi connectivity index (χ3v) is 2.18. The summed E-state index contributed by atoms with van der Waals surface area (Å²) in [5.74, 6) is 0. The predicted molar refractivity (Wildman–Crippen MR) is 46.6 cm³/mol. The Balaban J connectivity index is 2.80. The van der Waals surface area contributed by atoms with E-state index in [1.54, 1.807) is 23.1 Å². The molecule has 0 saturated heterocycles. The van der Waals surface area contributed by atoms with E-state index in [1.165, 1.54) is 0 Å². The van der Waals surface area contributed by atoms with E-state index in [4.69, 9.17) is 5.11 Å². The van der Waals surface area contributed by atoms with E-state index in [9.17, 15) is 0 Å². The summed E-state index contributed by atoms with van der Waals surface area (Å²) < 4.78 is 2.56. The van der Waals surface area contributed by atoms with Crippen LogP contribution in [0.4, 0.5) is 0 Å². The maximum atomic E-state index is 8.91. The summed E-state index contributed by atoms with van der Waals surface area (Å²) in [4.78, 5) is 8.06. The number of aromatic nitrogens is 3. The number of aliphatic hydroxyl groups excluding tert-OH is 1. The van der Waals surface area contributed by atoms with Crippen LogP contribution < -0.4 is 0 Å². The molecular formula is C7H6BrN3O. The molecule has 0 unspecified atom stereocenters. The fourth-order valence-electron chi connectivity index (χ4n) is 1.04. The fraction of sp³-hybridized carbons (Fsp3) is 0.143. The van der Waals surface area contributed by atoms with Crippen molar-refractivity contribution < 1.29 is 5.11 Å². The van der Waals surface area contributed by atoms with E-state index < -0.39 is 0 Å². The molecule has 4 nitrogen and oxygen atoms in total. The van der Waals surface area contributed by atoms with Crippen molar-refractivity contribution in [3.8, 4) is 0 Å². The second-order valence-corrected chi connectivity index (χ2v) is 3.20. The molecule has 0 aliphatic heterocycles. The highest BCUT2D eigenvalue weighted by atomic mass is 79.9. The first-order chi connectivity index (χ1) is 5.83. The Kier molecular flexibility index (Phi) is 1.82. The maximum Gasteiger partial charge on any atom is 0.154 e. The van der Waals surface area contributed by atoms with Gasteiger partial charge < -0.3 is 5.11 Å². The lowest BCUT2D eigenvalue weighted by atomic mass is 10.5. The standard InChI is InChI=1S/C7H6BrN3O/c8-6-2-9-4-11-5(3-12)1-10-7(6)11/h1-2,4,12H,3H2. The van der Waals surface area contributed by atoms with Gasteiger partial charge in [0.25, 0.3) is 0 Å². The molecule has 0 aliphatic rings. The van der Waals surface area contributed by atoms with Crippen molar-refractivity contribution in [2.75, 3.05) is 0 Å². The Hall–Kier alpha value is -0.940. The molecule has 0 aliphatic carbocycles. The number of halogens is 1. The lowest BCUT2D eigenvalue weighted by molar-refractivity contribution is 0.275. The maximum absolute atomic E-state index is 8.91. The summed E-state index contributed by atoms with van der Waals surface area (Å²) in [6.45, 7) is -0.0285. The van der Waals surface area contributed by atoms with Gasteiger partial charge in [-0.05, 0) is 15.9 Å². The molecular weight excluding hydrogens is 222 g/mol. The molecule has 2 rings (SSSR count). The zero-order valence-electron chi connectivity index (χ0n) is 6.11. The Morgan fingerprint density at radius 1 is 1.50 bits per heavy atom. The van der Waals surface area contributed by atoms with Gasteiger partial charge >= 0.3 is 0 Å². The van der Waals surface area contributed by atoms with Crippen LogP contribution in [0, 0.1) is 0 Å². The van der Waals surface area contributed by atoms with E-state index in [-0.39, 0.29) is 6.61 Å². The van der Waals surface area contributed by atoms with E-state index >= 15 is 0 Å². The van der Waals surface area contributed by atoms with E-state index in [1.807, 2.05) is 0 Å². The molecule has 0 aromatic carbocycles. The first-order valence-electron chi connectivity index (χ1n) is 3.39. The highest BCUT2D eigenvalue weighted by Gasteiger charge is 2.03. The molecule has 0 spiro atoms. The predicted octanol–water partition coefficient (Wildman–Crippen LogP) is 0.984. The molecule has 1 N–H and O–H groups in total. The lowest BCUT2D eigenvalue weighted by Gasteiger charge is -1.96. The number of aliphatic hydroxyl groups is 1. The minimum atomic E-state index is -0.0285. The Morgan fingerprint density at radius 3 is 3.08 bits per heavy atom. The number of imidazole rings is 1. The van der Waals surface area contributed by atoms with Crippen molar-refractivity contribution >= 4 is 21.6 Å². The van der Waals surface area contributed by atoms with Crippen molar-refractivity contribution in [3.63, 3.8) is 0 Å². The van der Waals surface area contributed by atoms with Crippen LogP contribution in [0.1, 0.15) is 5.69 Å². The van der Waals surface area contributed by atoms with Crippen molar-refractivity contribution in [1.29, 1.82) is 0 Å². The van der Waals surface area contributed by atoms with E-state index in [2.05, 4.69) is 25.9 Å². The number of nitrogens with zero attached hydrogens (tertiary/aromatic N) is 3. The number of hydrogen-bond donors (Lipinski definition) is 1. The summed E-state index contributed by atoms with van der Waals surface area (Å²) in [6, 6.07) is 0. The molecule has 2 aromatic rings. The zero-order valence-corrected chi connectivity index (χ0v) is 7.69. The lowest BCUT2D eigenvalue weighted by Crippen LogP contribution is -1.93. The largest absolute Gasteiger partial charge is 0.390 e. The SMILES string of the molecule is OCc1cnc2c(Br)cncn12. The number of hydrogen-bond acceptors (Lipinski definition) is 3. The van der Waals surface area contributed by atoms with Crippen LogP contribution in [0.15, 0.2) is 23.2 Å². The average molecular weight is 228 g/mol. The van der Waals surface area contributed by atoms with Gasteiger partial charge in [0.2, 0.25) is 0 Å². The van der Waals surface area contributed by atoms with Gasteiger partial charge in [0.05, 0.1) is 23.0 Å². The van der Waals surface area contributed by atoms with Crippen LogP contribution in [0.3, 0.4) is 0 Å². The number of rotatable bonds is 1. The summed E-state index contributed by atoms with van der Waals surface area (Å²) in [6.07, 6.45) is 4.92. The van der Waals surface area contributed by atoms with Crippen molar-refractivity contribution in [2.45, 2.75) is 6.61 Å². The molecule has 0 radical (unpaired) electrons. The minimum Gasteiger partial charge on any atom is -0.390 e. The zero-order chi connectivity index (χ0) is 8.55. The normalized spacial score (nSPS) is 10.8. The first kappa shape index (κ1) is 7.70. The highest BCUT2D eigenvalue weighted by Crippen LogP contribution is 2.15. The first-order valence-corrected chi connectivity index (χ1v) is 4.18. The highest BCUT2D eigenvalue weighted by molar-refractivity contribution is 9.10. The van der Waals surface area contributed by atoms with Crippen LogP contribution in [0.2, 0.25) is 0 Å². The smallest absolute Gasteiger partial charge is 0.154 e. The minimum absolute atomic E-state index is 0.0285. The third kappa shape index (κ3) is 1.02. The van der Waals surface area contributed by atoms with E-state index in [0.717, 1.165) is 15.8 Å². The Labute approximate surface area is 77.0 Å². The van der Waals surface area contributed by atoms with Crippen molar-refractivity contribution in [2.24, 2.45) is 0 Å². The van der Waals surface area contributed by atoms with Gasteiger partial charge in [-0.15, -0.1) is 0 Å². The Bertz CT molecular complexity index is 412. The monoisotopic (exact) mass is 227 g/mol. The van der Waals surface area contributed by atoms with E-state index in [0.29, 0.717) is 0 Å². The molecule has 12 heavy (non-hydrogen) atoms. The molecule has 62 valence electrons.